The molecule has 11 heteroatoms. The summed E-state index contributed by atoms with van der Waals surface area (Å²) in [4.78, 5) is 25.2. The van der Waals surface area contributed by atoms with E-state index in [2.05, 4.69) is 19.2 Å². The molecule has 1 saturated heterocycles. The molecular weight excluding hydrogens is 1170 g/mol. The highest BCUT2D eigenvalue weighted by Crippen LogP contribution is 2.24. The molecule has 1 aliphatic heterocycles. The summed E-state index contributed by atoms with van der Waals surface area (Å²) in [7, 11) is 0. The summed E-state index contributed by atoms with van der Waals surface area (Å²) in [5.74, 6) is -0.150. The Labute approximate surface area is 582 Å². The van der Waals surface area contributed by atoms with Gasteiger partial charge in [-0.1, -0.05) is 411 Å². The fraction of sp³-hybridized carbons (Fsp3) is 0.952. The number of aliphatic hydroxyl groups is 5. The van der Waals surface area contributed by atoms with Crippen molar-refractivity contribution in [1.29, 1.82) is 0 Å². The lowest BCUT2D eigenvalue weighted by molar-refractivity contribution is -0.302. The molecule has 0 aliphatic carbocycles. The fourth-order valence-corrected chi connectivity index (χ4v) is 13.9. The maximum Gasteiger partial charge on any atom is 0.305 e. The summed E-state index contributed by atoms with van der Waals surface area (Å²) < 4.78 is 16.8. The van der Waals surface area contributed by atoms with Gasteiger partial charge in [0, 0.05) is 12.8 Å². The zero-order chi connectivity index (χ0) is 67.9. The van der Waals surface area contributed by atoms with Gasteiger partial charge in [-0.25, -0.2) is 0 Å². The third-order valence-electron chi connectivity index (χ3n) is 20.4. The van der Waals surface area contributed by atoms with E-state index < -0.39 is 49.5 Å². The second kappa shape index (κ2) is 72.6. The molecule has 1 aliphatic rings. The van der Waals surface area contributed by atoms with Crippen LogP contribution in [-0.4, -0.2) is 100 Å². The molecule has 0 aromatic heterocycles. The monoisotopic (exact) mass is 1330 g/mol. The van der Waals surface area contributed by atoms with Gasteiger partial charge >= 0.3 is 5.97 Å². The van der Waals surface area contributed by atoms with Crippen molar-refractivity contribution >= 4 is 11.9 Å². The van der Waals surface area contributed by atoms with Gasteiger partial charge < -0.3 is 45.1 Å². The van der Waals surface area contributed by atoms with Crippen molar-refractivity contribution < 1.29 is 49.3 Å². The summed E-state index contributed by atoms with van der Waals surface area (Å²) in [6.45, 7) is 4.40. The minimum atomic E-state index is -1.57. The highest BCUT2D eigenvalue weighted by Gasteiger charge is 2.44. The van der Waals surface area contributed by atoms with Crippen molar-refractivity contribution in [1.82, 2.24) is 5.32 Å². The SMILES string of the molecule is CCCCCCCCCCC/C=C/C(O)C(COC1OC(CO)C(O)C(O)C1O)NC(=O)CCCCCCCCCCCCCCCCCCCCCCCCCCCCCCCCCCCCCCCCCOC(=O)CCCCCCCCCCCCCCCCCC. The number of amides is 1. The Morgan fingerprint density at radius 1 is 0.383 bits per heavy atom. The van der Waals surface area contributed by atoms with E-state index in [9.17, 15) is 35.1 Å². The second-order valence-corrected chi connectivity index (χ2v) is 29.6. The van der Waals surface area contributed by atoms with Crippen LogP contribution in [0.4, 0.5) is 0 Å². The Bertz CT molecular complexity index is 1560. The molecule has 7 unspecified atom stereocenters. The van der Waals surface area contributed by atoms with Crippen LogP contribution in [0.25, 0.3) is 0 Å². The maximum atomic E-state index is 13.1. The van der Waals surface area contributed by atoms with Gasteiger partial charge in [-0.15, -0.1) is 0 Å². The molecule has 94 heavy (non-hydrogen) atoms. The minimum Gasteiger partial charge on any atom is -0.466 e. The van der Waals surface area contributed by atoms with Gasteiger partial charge in [0.25, 0.3) is 0 Å². The van der Waals surface area contributed by atoms with Gasteiger partial charge in [0.2, 0.25) is 5.91 Å². The van der Waals surface area contributed by atoms with Crippen LogP contribution in [-0.2, 0) is 23.8 Å². The average molecular weight is 1330 g/mol. The van der Waals surface area contributed by atoms with Gasteiger partial charge in [0.15, 0.2) is 6.29 Å². The van der Waals surface area contributed by atoms with Gasteiger partial charge in [-0.2, -0.15) is 0 Å². The number of carbonyl (C=O) groups is 2. The molecule has 558 valence electrons. The lowest BCUT2D eigenvalue weighted by atomic mass is 9.99. The lowest BCUT2D eigenvalue weighted by Crippen LogP contribution is -2.60. The van der Waals surface area contributed by atoms with E-state index in [1.54, 1.807) is 6.08 Å². The third-order valence-corrected chi connectivity index (χ3v) is 20.4. The van der Waals surface area contributed by atoms with E-state index in [0.717, 1.165) is 51.4 Å². The number of esters is 1. The molecule has 6 N–H and O–H groups in total. The molecule has 1 heterocycles. The van der Waals surface area contributed by atoms with E-state index in [0.29, 0.717) is 19.4 Å². The molecule has 0 aromatic rings. The fourth-order valence-electron chi connectivity index (χ4n) is 13.9. The first-order valence-electron chi connectivity index (χ1n) is 42.0. The van der Waals surface area contributed by atoms with Crippen molar-refractivity contribution in [2.24, 2.45) is 0 Å². The molecule has 11 nitrogen and oxygen atoms in total. The number of unbranched alkanes of at least 4 members (excludes halogenated alkanes) is 62. The van der Waals surface area contributed by atoms with Crippen molar-refractivity contribution in [3.8, 4) is 0 Å². The Hall–Kier alpha value is -1.60. The number of rotatable bonds is 76. The number of ether oxygens (including phenoxy) is 3. The van der Waals surface area contributed by atoms with Crippen molar-refractivity contribution in [3.05, 3.63) is 12.2 Å². The summed E-state index contributed by atoms with van der Waals surface area (Å²) in [5, 5.41) is 54.5. The summed E-state index contributed by atoms with van der Waals surface area (Å²) in [5.41, 5.74) is 0. The van der Waals surface area contributed by atoms with Gasteiger partial charge in [-0.05, 0) is 32.1 Å². The predicted molar refractivity (Wildman–Crippen MR) is 398 cm³/mol. The first-order valence-corrected chi connectivity index (χ1v) is 42.0. The quantitative estimate of drug-likeness (QED) is 0.0195. The van der Waals surface area contributed by atoms with Gasteiger partial charge in [-0.3, -0.25) is 9.59 Å². The Balaban J connectivity index is 1.84. The standard InChI is InChI=1S/C83H161NO10/c1-3-5-7-9-11-13-15-16-17-44-47-51-55-59-63-67-71-79(88)92-72-68-64-60-56-52-48-45-42-40-38-36-34-32-30-28-26-24-22-20-18-19-21-23-25-27-29-31-33-35-37-39-41-43-46-50-54-58-62-66-70-78(87)84-75(74-93-83-82(91)81(90)80(89)77(73-85)94-83)76(86)69-65-61-57-53-49-14-12-10-8-6-4-2/h65,69,75-77,80-83,85-86,89-91H,3-64,66-68,70-74H2,1-2H3,(H,84,87)/b69-65+. The van der Waals surface area contributed by atoms with E-state index >= 15 is 0 Å². The van der Waals surface area contributed by atoms with Crippen LogP contribution >= 0.6 is 0 Å². The zero-order valence-electron chi connectivity index (χ0n) is 62.5. The maximum absolute atomic E-state index is 13.1. The first kappa shape index (κ1) is 90.4. The Morgan fingerprint density at radius 3 is 0.989 bits per heavy atom. The first-order chi connectivity index (χ1) is 46.2. The van der Waals surface area contributed by atoms with Crippen LogP contribution in [0.15, 0.2) is 12.2 Å². The second-order valence-electron chi connectivity index (χ2n) is 29.6. The highest BCUT2D eigenvalue weighted by molar-refractivity contribution is 5.76. The molecule has 0 aromatic carbocycles. The smallest absolute Gasteiger partial charge is 0.305 e. The summed E-state index contributed by atoms with van der Waals surface area (Å²) in [6.07, 6.45) is 82.8. The van der Waals surface area contributed by atoms with Crippen LogP contribution in [0.5, 0.6) is 0 Å². The molecule has 0 spiro atoms. The number of carbonyl (C=O) groups excluding carboxylic acids is 2. The van der Waals surface area contributed by atoms with Crippen molar-refractivity contribution in [2.75, 3.05) is 19.8 Å². The molecule has 7 atom stereocenters. The molecular formula is C83H161NO10. The van der Waals surface area contributed by atoms with Crippen molar-refractivity contribution in [2.45, 2.75) is 487 Å². The van der Waals surface area contributed by atoms with Crippen LogP contribution < -0.4 is 5.32 Å². The topological polar surface area (TPSA) is 175 Å². The van der Waals surface area contributed by atoms with Crippen LogP contribution in [0, 0.1) is 0 Å². The van der Waals surface area contributed by atoms with E-state index in [1.807, 2.05) is 6.08 Å². The number of allylic oxidation sites excluding steroid dienone is 1. The van der Waals surface area contributed by atoms with Gasteiger partial charge in [0.05, 0.1) is 32.0 Å². The van der Waals surface area contributed by atoms with E-state index in [4.69, 9.17) is 14.2 Å². The Kier molecular flexibility index (Phi) is 69.9. The molecule has 1 amide bonds. The van der Waals surface area contributed by atoms with E-state index in [-0.39, 0.29) is 18.5 Å². The summed E-state index contributed by atoms with van der Waals surface area (Å²) >= 11 is 0. The largest absolute Gasteiger partial charge is 0.466 e. The minimum absolute atomic E-state index is 0.0230. The summed E-state index contributed by atoms with van der Waals surface area (Å²) in [6, 6.07) is -0.804. The molecule has 0 radical (unpaired) electrons. The van der Waals surface area contributed by atoms with Crippen LogP contribution in [0.3, 0.4) is 0 Å². The molecule has 1 fully saturated rings. The normalized spacial score (nSPS) is 17.4. The number of nitrogens with one attached hydrogen (secondary N) is 1. The van der Waals surface area contributed by atoms with Crippen LogP contribution in [0.2, 0.25) is 0 Å². The number of hydrogen-bond acceptors (Lipinski definition) is 10. The third kappa shape index (κ3) is 60.4. The Morgan fingerprint density at radius 2 is 0.670 bits per heavy atom. The number of hydrogen-bond donors (Lipinski definition) is 6. The average Bonchev–Trinajstić information content (AvgIpc) is 1.04. The van der Waals surface area contributed by atoms with Gasteiger partial charge in [0.1, 0.15) is 24.4 Å². The number of aliphatic hydroxyl groups excluding tert-OH is 5. The molecule has 1 rings (SSSR count). The lowest BCUT2D eigenvalue weighted by Gasteiger charge is -2.40. The van der Waals surface area contributed by atoms with Crippen LogP contribution in [0.1, 0.15) is 444 Å². The zero-order valence-corrected chi connectivity index (χ0v) is 62.5. The highest BCUT2D eigenvalue weighted by atomic mass is 16.7. The van der Waals surface area contributed by atoms with Crippen molar-refractivity contribution in [3.63, 3.8) is 0 Å². The predicted octanol–water partition coefficient (Wildman–Crippen LogP) is 22.9. The molecule has 0 saturated carbocycles. The molecule has 0 bridgehead atoms. The van der Waals surface area contributed by atoms with E-state index in [1.165, 1.54) is 366 Å².